The van der Waals surface area contributed by atoms with Gasteiger partial charge in [0.15, 0.2) is 6.10 Å². The molecule has 31 heavy (non-hydrogen) atoms. The highest BCUT2D eigenvalue weighted by Crippen LogP contribution is 2.22. The summed E-state index contributed by atoms with van der Waals surface area (Å²) in [5.41, 5.74) is 4.53. The van der Waals surface area contributed by atoms with Gasteiger partial charge in [0.1, 0.15) is 0 Å². The van der Waals surface area contributed by atoms with Gasteiger partial charge in [0.25, 0.3) is 5.91 Å². The maximum atomic E-state index is 12.8. The maximum absolute atomic E-state index is 12.8. The Kier molecular flexibility index (Phi) is 7.03. The molecular formula is C25H27N3O3. The van der Waals surface area contributed by atoms with Crippen molar-refractivity contribution in [1.29, 1.82) is 0 Å². The number of amides is 1. The van der Waals surface area contributed by atoms with Gasteiger partial charge >= 0.3 is 5.97 Å². The van der Waals surface area contributed by atoms with Gasteiger partial charge in [-0.15, -0.1) is 0 Å². The number of nitrogens with zero attached hydrogens (tertiary/aromatic N) is 2. The second kappa shape index (κ2) is 9.89. The van der Waals surface area contributed by atoms with Crippen molar-refractivity contribution < 1.29 is 14.3 Å². The van der Waals surface area contributed by atoms with E-state index in [2.05, 4.69) is 10.4 Å². The molecular weight excluding hydrogens is 390 g/mol. The lowest BCUT2D eigenvalue weighted by Gasteiger charge is -2.22. The summed E-state index contributed by atoms with van der Waals surface area (Å²) < 4.78 is 7.08. The lowest BCUT2D eigenvalue weighted by atomic mass is 9.98. The number of carbonyl (C=O) groups is 2. The van der Waals surface area contributed by atoms with Crippen molar-refractivity contribution in [3.05, 3.63) is 94.8 Å². The molecule has 0 radical (unpaired) electrons. The number of aryl methyl sites for hydroxylation is 2. The van der Waals surface area contributed by atoms with Gasteiger partial charge in [-0.1, -0.05) is 60.7 Å². The molecule has 6 nitrogen and oxygen atoms in total. The molecule has 0 aliphatic rings. The Balaban J connectivity index is 1.68. The first-order valence-electron chi connectivity index (χ1n) is 10.2. The molecule has 0 bridgehead atoms. The van der Waals surface area contributed by atoms with Crippen LogP contribution in [-0.2, 0) is 21.4 Å². The van der Waals surface area contributed by atoms with Crippen molar-refractivity contribution in [3.63, 3.8) is 0 Å². The maximum Gasteiger partial charge on any atom is 0.331 e. The van der Waals surface area contributed by atoms with Crippen LogP contribution >= 0.6 is 0 Å². The lowest BCUT2D eigenvalue weighted by Crippen LogP contribution is -2.38. The fraction of sp³-hybridized carbons (Fsp3) is 0.240. The third kappa shape index (κ3) is 5.48. The lowest BCUT2D eigenvalue weighted by molar-refractivity contribution is -0.150. The molecule has 0 aliphatic carbocycles. The molecule has 1 atom stereocenters. The molecule has 1 amide bonds. The van der Waals surface area contributed by atoms with Crippen LogP contribution in [0.1, 0.15) is 41.0 Å². The summed E-state index contributed by atoms with van der Waals surface area (Å²) in [6.07, 6.45) is 2.05. The van der Waals surface area contributed by atoms with Gasteiger partial charge in [-0.05, 0) is 38.0 Å². The van der Waals surface area contributed by atoms with Crippen LogP contribution in [-0.4, -0.2) is 27.8 Å². The highest BCUT2D eigenvalue weighted by atomic mass is 16.5. The van der Waals surface area contributed by atoms with E-state index in [0.717, 1.165) is 28.1 Å². The first-order valence-corrected chi connectivity index (χ1v) is 10.2. The van der Waals surface area contributed by atoms with Crippen molar-refractivity contribution in [1.82, 2.24) is 15.1 Å². The van der Waals surface area contributed by atoms with Gasteiger partial charge in [0, 0.05) is 24.4 Å². The van der Waals surface area contributed by atoms with E-state index in [-0.39, 0.29) is 11.9 Å². The summed E-state index contributed by atoms with van der Waals surface area (Å²) >= 11 is 0. The summed E-state index contributed by atoms with van der Waals surface area (Å²) in [4.78, 5) is 25.1. The number of ether oxygens (including phenoxy) is 1. The molecule has 1 heterocycles. The molecule has 6 heteroatoms. The molecule has 0 saturated heterocycles. The number of hydrogen-bond donors (Lipinski definition) is 1. The Hall–Kier alpha value is -3.67. The first kappa shape index (κ1) is 22.0. The van der Waals surface area contributed by atoms with Gasteiger partial charge in [-0.25, -0.2) is 4.79 Å². The Morgan fingerprint density at radius 3 is 2.03 bits per heavy atom. The van der Waals surface area contributed by atoms with Crippen LogP contribution in [0.5, 0.6) is 0 Å². The summed E-state index contributed by atoms with van der Waals surface area (Å²) in [5.74, 6) is -0.950. The van der Waals surface area contributed by atoms with Crippen LogP contribution in [0, 0.1) is 13.8 Å². The summed E-state index contributed by atoms with van der Waals surface area (Å²) in [6, 6.07) is 19.0. The average Bonchev–Trinajstić information content (AvgIpc) is 3.02. The van der Waals surface area contributed by atoms with Gasteiger partial charge < -0.3 is 10.1 Å². The third-order valence-electron chi connectivity index (χ3n) is 5.17. The van der Waals surface area contributed by atoms with E-state index in [4.69, 9.17) is 4.74 Å². The monoisotopic (exact) mass is 417 g/mol. The van der Waals surface area contributed by atoms with Crippen molar-refractivity contribution in [2.75, 3.05) is 0 Å². The third-order valence-corrected chi connectivity index (χ3v) is 5.17. The summed E-state index contributed by atoms with van der Waals surface area (Å²) in [5, 5.41) is 7.31. The van der Waals surface area contributed by atoms with Crippen LogP contribution in [0.4, 0.5) is 0 Å². The van der Waals surface area contributed by atoms with E-state index in [0.29, 0.717) is 0 Å². The smallest absolute Gasteiger partial charge is 0.331 e. The molecule has 160 valence electrons. The van der Waals surface area contributed by atoms with Crippen molar-refractivity contribution in [3.8, 4) is 0 Å². The van der Waals surface area contributed by atoms with Crippen LogP contribution in [0.15, 0.2) is 66.7 Å². The zero-order chi connectivity index (χ0) is 22.4. The van der Waals surface area contributed by atoms with Crippen LogP contribution < -0.4 is 5.32 Å². The molecule has 0 fully saturated rings. The zero-order valence-electron chi connectivity index (χ0n) is 18.2. The van der Waals surface area contributed by atoms with Crippen molar-refractivity contribution in [2.24, 2.45) is 7.05 Å². The van der Waals surface area contributed by atoms with Crippen LogP contribution in [0.3, 0.4) is 0 Å². The minimum Gasteiger partial charge on any atom is -0.449 e. The number of esters is 1. The predicted molar refractivity (Wildman–Crippen MR) is 120 cm³/mol. The second-order valence-electron chi connectivity index (χ2n) is 7.38. The fourth-order valence-electron chi connectivity index (χ4n) is 3.36. The largest absolute Gasteiger partial charge is 0.449 e. The van der Waals surface area contributed by atoms with E-state index < -0.39 is 12.1 Å². The number of aromatic nitrogens is 2. The number of carbonyl (C=O) groups excluding carboxylic acids is 2. The molecule has 0 aliphatic heterocycles. The summed E-state index contributed by atoms with van der Waals surface area (Å²) in [7, 11) is 1.85. The van der Waals surface area contributed by atoms with Gasteiger partial charge in [0.2, 0.25) is 0 Å². The second-order valence-corrected chi connectivity index (χ2v) is 7.38. The molecule has 0 saturated carbocycles. The average molecular weight is 418 g/mol. The Labute approximate surface area is 182 Å². The fourth-order valence-corrected chi connectivity index (χ4v) is 3.36. The minimum atomic E-state index is -0.942. The van der Waals surface area contributed by atoms with Crippen molar-refractivity contribution >= 4 is 18.0 Å². The molecule has 1 N–H and O–H groups in total. The summed E-state index contributed by atoms with van der Waals surface area (Å²) in [6.45, 7) is 5.37. The highest BCUT2D eigenvalue weighted by molar-refractivity contribution is 5.90. The number of nitrogens with one attached hydrogen (secondary N) is 1. The predicted octanol–water partition coefficient (Wildman–Crippen LogP) is 3.89. The Morgan fingerprint density at radius 1 is 1.00 bits per heavy atom. The van der Waals surface area contributed by atoms with E-state index in [9.17, 15) is 9.59 Å². The number of rotatable bonds is 7. The molecule has 0 spiro atoms. The highest BCUT2D eigenvalue weighted by Gasteiger charge is 2.22. The first-order chi connectivity index (χ1) is 14.9. The topological polar surface area (TPSA) is 73.2 Å². The molecule has 0 unspecified atom stereocenters. The van der Waals surface area contributed by atoms with E-state index in [1.165, 1.54) is 6.08 Å². The van der Waals surface area contributed by atoms with E-state index >= 15 is 0 Å². The van der Waals surface area contributed by atoms with Gasteiger partial charge in [0.05, 0.1) is 11.7 Å². The number of benzene rings is 2. The Bertz CT molecular complexity index is 1030. The minimum absolute atomic E-state index is 0.340. The standard InChI is InChI=1S/C25H27N3O3/c1-17-22(18(2)28(4)27-17)15-16-23(29)31-19(3)25(30)26-24(20-11-7-5-8-12-20)21-13-9-6-10-14-21/h5-16,19,24H,1-4H3,(H,26,30)/b16-15+/t19-/m1/s1. The molecule has 3 rings (SSSR count). The van der Waals surface area contributed by atoms with Crippen LogP contribution in [0.25, 0.3) is 6.08 Å². The van der Waals surface area contributed by atoms with Crippen molar-refractivity contribution in [2.45, 2.75) is 32.9 Å². The molecule has 2 aromatic carbocycles. The van der Waals surface area contributed by atoms with Gasteiger partial charge in [-0.2, -0.15) is 5.10 Å². The normalized spacial score (nSPS) is 12.2. The Morgan fingerprint density at radius 2 is 1.55 bits per heavy atom. The zero-order valence-corrected chi connectivity index (χ0v) is 18.2. The van der Waals surface area contributed by atoms with Crippen LogP contribution in [0.2, 0.25) is 0 Å². The van der Waals surface area contributed by atoms with Gasteiger partial charge in [-0.3, -0.25) is 9.48 Å². The molecule has 3 aromatic rings. The van der Waals surface area contributed by atoms with E-state index in [1.54, 1.807) is 17.7 Å². The van der Waals surface area contributed by atoms with E-state index in [1.807, 2.05) is 81.6 Å². The molecule has 1 aromatic heterocycles. The quantitative estimate of drug-likeness (QED) is 0.468. The number of hydrogen-bond acceptors (Lipinski definition) is 4. The SMILES string of the molecule is Cc1nn(C)c(C)c1/C=C/C(=O)O[C@H](C)C(=O)NC(c1ccccc1)c1ccccc1.